The second-order valence-electron chi connectivity index (χ2n) is 6.75. The molecule has 0 aliphatic heterocycles. The molecule has 0 unspecified atom stereocenters. The maximum absolute atomic E-state index is 13.0. The summed E-state index contributed by atoms with van der Waals surface area (Å²) in [7, 11) is 1.87. The fourth-order valence-corrected chi connectivity index (χ4v) is 3.27. The largest absolute Gasteiger partial charge is 0.348 e. The number of rotatable bonds is 5. The molecule has 0 bridgehead atoms. The van der Waals surface area contributed by atoms with Crippen LogP contribution in [-0.4, -0.2) is 30.5 Å². The predicted molar refractivity (Wildman–Crippen MR) is 108 cm³/mol. The lowest BCUT2D eigenvalue weighted by Crippen LogP contribution is -2.23. The van der Waals surface area contributed by atoms with E-state index in [9.17, 15) is 4.79 Å². The number of aromatic nitrogens is 5. The number of pyridine rings is 1. The Morgan fingerprint density at radius 2 is 2.04 bits per heavy atom. The maximum atomic E-state index is 13.0. The highest BCUT2D eigenvalue weighted by Crippen LogP contribution is 2.24. The molecule has 28 heavy (non-hydrogen) atoms. The van der Waals surface area contributed by atoms with Crippen LogP contribution in [0.15, 0.2) is 48.9 Å². The lowest BCUT2D eigenvalue weighted by molar-refractivity contribution is 0.0952. The highest BCUT2D eigenvalue weighted by atomic mass is 16.1. The minimum Gasteiger partial charge on any atom is -0.348 e. The van der Waals surface area contributed by atoms with Crippen molar-refractivity contribution in [2.24, 2.45) is 7.05 Å². The van der Waals surface area contributed by atoms with E-state index in [1.165, 1.54) is 0 Å². The Bertz CT molecular complexity index is 1160. The van der Waals surface area contributed by atoms with Crippen LogP contribution in [0.3, 0.4) is 0 Å². The van der Waals surface area contributed by atoms with E-state index in [-0.39, 0.29) is 5.91 Å². The van der Waals surface area contributed by atoms with Gasteiger partial charge in [-0.2, -0.15) is 10.2 Å². The van der Waals surface area contributed by atoms with E-state index >= 15 is 0 Å². The summed E-state index contributed by atoms with van der Waals surface area (Å²) in [6.45, 7) is 5.18. The monoisotopic (exact) mass is 374 g/mol. The van der Waals surface area contributed by atoms with Crippen LogP contribution in [0.5, 0.6) is 0 Å². The minimum absolute atomic E-state index is 0.133. The van der Waals surface area contributed by atoms with Crippen LogP contribution >= 0.6 is 0 Å². The SMILES string of the molecule is CCn1cc(-c2cc(C(=O)NCc3cn(C)nc3C)c3ccccc3n2)cn1. The molecule has 0 fully saturated rings. The summed E-state index contributed by atoms with van der Waals surface area (Å²) in [6.07, 6.45) is 5.64. The fraction of sp³-hybridized carbons (Fsp3) is 0.238. The second kappa shape index (κ2) is 7.26. The number of nitrogens with one attached hydrogen (secondary N) is 1. The summed E-state index contributed by atoms with van der Waals surface area (Å²) in [5.74, 6) is -0.133. The number of fused-ring (bicyclic) bond motifs is 1. The Balaban J connectivity index is 1.70. The molecule has 0 spiro atoms. The van der Waals surface area contributed by atoms with Crippen LogP contribution in [0, 0.1) is 6.92 Å². The van der Waals surface area contributed by atoms with Gasteiger partial charge in [-0.3, -0.25) is 14.2 Å². The number of carbonyl (C=O) groups is 1. The van der Waals surface area contributed by atoms with Gasteiger partial charge in [0.05, 0.1) is 28.7 Å². The summed E-state index contributed by atoms with van der Waals surface area (Å²) < 4.78 is 3.60. The smallest absolute Gasteiger partial charge is 0.252 e. The van der Waals surface area contributed by atoms with Crippen molar-refractivity contribution in [1.82, 2.24) is 29.9 Å². The first-order valence-electron chi connectivity index (χ1n) is 9.25. The van der Waals surface area contributed by atoms with Gasteiger partial charge in [0.2, 0.25) is 0 Å². The third-order valence-corrected chi connectivity index (χ3v) is 4.77. The van der Waals surface area contributed by atoms with E-state index in [1.54, 1.807) is 10.9 Å². The lowest BCUT2D eigenvalue weighted by atomic mass is 10.0. The third kappa shape index (κ3) is 3.38. The normalized spacial score (nSPS) is 11.1. The van der Waals surface area contributed by atoms with Gasteiger partial charge in [0.15, 0.2) is 0 Å². The third-order valence-electron chi connectivity index (χ3n) is 4.77. The van der Waals surface area contributed by atoms with Crippen molar-refractivity contribution in [2.75, 3.05) is 0 Å². The number of nitrogens with zero attached hydrogens (tertiary/aromatic N) is 5. The van der Waals surface area contributed by atoms with Gasteiger partial charge in [0.25, 0.3) is 5.91 Å². The Morgan fingerprint density at radius 1 is 1.21 bits per heavy atom. The van der Waals surface area contributed by atoms with Crippen molar-refractivity contribution >= 4 is 16.8 Å². The van der Waals surface area contributed by atoms with Crippen molar-refractivity contribution in [3.8, 4) is 11.3 Å². The van der Waals surface area contributed by atoms with Gasteiger partial charge in [-0.15, -0.1) is 0 Å². The van der Waals surface area contributed by atoms with Crippen molar-refractivity contribution in [2.45, 2.75) is 26.9 Å². The maximum Gasteiger partial charge on any atom is 0.252 e. The number of hydrogen-bond donors (Lipinski definition) is 1. The highest BCUT2D eigenvalue weighted by molar-refractivity contribution is 6.07. The average molecular weight is 374 g/mol. The number of para-hydroxylation sites is 1. The summed E-state index contributed by atoms with van der Waals surface area (Å²) in [5, 5.41) is 12.5. The summed E-state index contributed by atoms with van der Waals surface area (Å²) in [6, 6.07) is 9.53. The minimum atomic E-state index is -0.133. The lowest BCUT2D eigenvalue weighted by Gasteiger charge is -2.10. The first-order chi connectivity index (χ1) is 13.5. The van der Waals surface area contributed by atoms with Crippen LogP contribution < -0.4 is 5.32 Å². The molecule has 7 nitrogen and oxygen atoms in total. The van der Waals surface area contributed by atoms with Crippen molar-refractivity contribution < 1.29 is 4.79 Å². The zero-order valence-corrected chi connectivity index (χ0v) is 16.2. The van der Waals surface area contributed by atoms with E-state index in [0.717, 1.165) is 40.0 Å². The van der Waals surface area contributed by atoms with Crippen molar-refractivity contribution in [3.05, 3.63) is 65.7 Å². The van der Waals surface area contributed by atoms with Crippen LogP contribution in [0.4, 0.5) is 0 Å². The molecule has 0 saturated heterocycles. The Labute approximate surface area is 163 Å². The molecular formula is C21H22N6O. The molecular weight excluding hydrogens is 352 g/mol. The molecule has 0 aliphatic rings. The Morgan fingerprint density at radius 3 is 2.75 bits per heavy atom. The molecule has 1 amide bonds. The van der Waals surface area contributed by atoms with Crippen LogP contribution in [0.2, 0.25) is 0 Å². The molecule has 4 aromatic rings. The van der Waals surface area contributed by atoms with E-state index in [0.29, 0.717) is 12.1 Å². The van der Waals surface area contributed by atoms with Gasteiger partial charge in [0, 0.05) is 49.0 Å². The molecule has 0 atom stereocenters. The van der Waals surface area contributed by atoms with Gasteiger partial charge >= 0.3 is 0 Å². The van der Waals surface area contributed by atoms with E-state index in [1.807, 2.05) is 68.3 Å². The van der Waals surface area contributed by atoms with Gasteiger partial charge in [0.1, 0.15) is 0 Å². The molecule has 1 aromatic carbocycles. The average Bonchev–Trinajstić information content (AvgIpc) is 3.31. The van der Waals surface area contributed by atoms with E-state index in [2.05, 4.69) is 15.5 Å². The van der Waals surface area contributed by atoms with Crippen LogP contribution in [-0.2, 0) is 20.1 Å². The Kier molecular flexibility index (Phi) is 4.65. The number of hydrogen-bond acceptors (Lipinski definition) is 4. The first kappa shape index (κ1) is 17.9. The van der Waals surface area contributed by atoms with Gasteiger partial charge in [-0.25, -0.2) is 4.98 Å². The Hall–Kier alpha value is -3.48. The summed E-state index contributed by atoms with van der Waals surface area (Å²) >= 11 is 0. The second-order valence-corrected chi connectivity index (χ2v) is 6.75. The molecule has 0 aliphatic carbocycles. The fourth-order valence-electron chi connectivity index (χ4n) is 3.27. The molecule has 0 radical (unpaired) electrons. The highest BCUT2D eigenvalue weighted by Gasteiger charge is 2.15. The molecule has 142 valence electrons. The molecule has 4 rings (SSSR count). The molecule has 0 saturated carbocycles. The molecule has 1 N–H and O–H groups in total. The van der Waals surface area contributed by atoms with Crippen molar-refractivity contribution in [3.63, 3.8) is 0 Å². The molecule has 3 aromatic heterocycles. The zero-order chi connectivity index (χ0) is 19.7. The predicted octanol–water partition coefficient (Wildman–Crippen LogP) is 3.09. The van der Waals surface area contributed by atoms with E-state index < -0.39 is 0 Å². The van der Waals surface area contributed by atoms with Crippen molar-refractivity contribution in [1.29, 1.82) is 0 Å². The zero-order valence-electron chi connectivity index (χ0n) is 16.2. The molecule has 3 heterocycles. The number of aryl methyl sites for hydroxylation is 3. The first-order valence-corrected chi connectivity index (χ1v) is 9.25. The quantitative estimate of drug-likeness (QED) is 0.582. The van der Waals surface area contributed by atoms with Gasteiger partial charge < -0.3 is 5.32 Å². The van der Waals surface area contributed by atoms with E-state index in [4.69, 9.17) is 4.98 Å². The number of carbonyl (C=O) groups excluding carboxylic acids is 1. The molecule has 7 heteroatoms. The van der Waals surface area contributed by atoms with Crippen LogP contribution in [0.1, 0.15) is 28.5 Å². The topological polar surface area (TPSA) is 77.6 Å². The van der Waals surface area contributed by atoms with Gasteiger partial charge in [-0.1, -0.05) is 18.2 Å². The number of benzene rings is 1. The standard InChI is InChI=1S/C21H22N6O/c1-4-27-13-16(11-23-27)20-9-18(17-7-5-6-8-19(17)24-20)21(28)22-10-15-12-26(3)25-14(15)2/h5-9,11-13H,4,10H2,1-3H3,(H,22,28). The summed E-state index contributed by atoms with van der Waals surface area (Å²) in [4.78, 5) is 17.7. The summed E-state index contributed by atoms with van der Waals surface area (Å²) in [5.41, 5.74) is 4.93. The van der Waals surface area contributed by atoms with Crippen LogP contribution in [0.25, 0.3) is 22.2 Å². The van der Waals surface area contributed by atoms with Gasteiger partial charge in [-0.05, 0) is 26.0 Å². The number of amides is 1.